The average Bonchev–Trinajstić information content (AvgIpc) is 3.80. The molecule has 0 aliphatic carbocycles. The van der Waals surface area contributed by atoms with E-state index in [0.717, 1.165) is 29.0 Å². The van der Waals surface area contributed by atoms with Crippen molar-refractivity contribution in [1.29, 1.82) is 0 Å². The summed E-state index contributed by atoms with van der Waals surface area (Å²) in [6.45, 7) is 2.18. The Morgan fingerprint density at radius 1 is 0.444 bits per heavy atom. The zero-order chi connectivity index (χ0) is 35.8. The predicted molar refractivity (Wildman–Crippen MR) is 232 cm³/mol. The van der Waals surface area contributed by atoms with Crippen LogP contribution in [0.3, 0.4) is 0 Å². The van der Waals surface area contributed by atoms with Gasteiger partial charge in [-0.05, 0) is 120 Å². The van der Waals surface area contributed by atoms with E-state index in [1.165, 1.54) is 85.9 Å². The highest BCUT2D eigenvalue weighted by atomic mass is 32.1. The van der Waals surface area contributed by atoms with E-state index in [4.69, 9.17) is 4.98 Å². The quantitative estimate of drug-likeness (QED) is 0.163. The van der Waals surface area contributed by atoms with Gasteiger partial charge in [0.15, 0.2) is 0 Å². The lowest BCUT2D eigenvalue weighted by Crippen LogP contribution is -2.00. The summed E-state index contributed by atoms with van der Waals surface area (Å²) >= 11 is 1.87. The van der Waals surface area contributed by atoms with Gasteiger partial charge in [-0.2, -0.15) is 0 Å². The first-order valence-corrected chi connectivity index (χ1v) is 19.5. The Bertz CT molecular complexity index is 3260. The Labute approximate surface area is 317 Å². The van der Waals surface area contributed by atoms with Crippen molar-refractivity contribution in [2.24, 2.45) is 0 Å². The predicted octanol–water partition coefficient (Wildman–Crippen LogP) is 14.4. The molecule has 2 nitrogen and oxygen atoms in total. The highest BCUT2D eigenvalue weighted by Crippen LogP contribution is 2.47. The molecule has 2 heterocycles. The SMILES string of the molecule is CCc1nc2ccccc2n1-c1ccc2cc(-c3c4ccccc4c(-c4ccc5sc6ccccc6c5c4)c4cc(-c5ccccc5)ccc34)ccc2c1. The summed E-state index contributed by atoms with van der Waals surface area (Å²) in [5.41, 5.74) is 10.8. The molecule has 9 aromatic carbocycles. The third-order valence-corrected chi connectivity index (χ3v) is 12.3. The number of hydrogen-bond acceptors (Lipinski definition) is 2. The number of para-hydroxylation sites is 2. The molecule has 0 atom stereocenters. The van der Waals surface area contributed by atoms with Gasteiger partial charge in [0.05, 0.1) is 11.0 Å². The van der Waals surface area contributed by atoms with Gasteiger partial charge in [-0.3, -0.25) is 4.57 Å². The molecule has 0 spiro atoms. The van der Waals surface area contributed by atoms with Crippen LogP contribution in [0.1, 0.15) is 12.7 Å². The summed E-state index contributed by atoms with van der Waals surface area (Å²) in [6, 6.07) is 64.9. The van der Waals surface area contributed by atoms with Crippen LogP contribution in [0, 0.1) is 0 Å². The van der Waals surface area contributed by atoms with E-state index in [9.17, 15) is 0 Å². The standard InChI is InChI=1S/C51H34N2S/c1-2-49-52-45-17-9-10-18-46(45)53(49)38-25-22-33-28-36(21-20-34(33)29-38)50-40-15-6-7-16-41(40)51(44-30-35(23-26-42(44)50)32-12-4-3-5-13-32)37-24-27-48-43(31-37)39-14-8-11-19-47(39)54-48/h3-31H,2H2,1H3. The van der Waals surface area contributed by atoms with E-state index < -0.39 is 0 Å². The smallest absolute Gasteiger partial charge is 0.114 e. The highest BCUT2D eigenvalue weighted by Gasteiger charge is 2.19. The number of fused-ring (bicyclic) bond motifs is 7. The molecule has 0 amide bonds. The Kier molecular flexibility index (Phi) is 7.05. The molecule has 0 N–H and O–H groups in total. The number of aryl methyl sites for hydroxylation is 1. The number of aromatic nitrogens is 2. The first kappa shape index (κ1) is 31.0. The minimum atomic E-state index is 0.867. The van der Waals surface area contributed by atoms with Gasteiger partial charge in [-0.25, -0.2) is 4.98 Å². The molecule has 3 heteroatoms. The Morgan fingerprint density at radius 2 is 1.06 bits per heavy atom. The topological polar surface area (TPSA) is 17.8 Å². The van der Waals surface area contributed by atoms with Crippen molar-refractivity contribution in [2.45, 2.75) is 13.3 Å². The van der Waals surface area contributed by atoms with Crippen LogP contribution in [-0.4, -0.2) is 9.55 Å². The maximum atomic E-state index is 4.94. The molecule has 0 saturated carbocycles. The van der Waals surface area contributed by atoms with Gasteiger partial charge in [0.2, 0.25) is 0 Å². The van der Waals surface area contributed by atoms with Crippen molar-refractivity contribution in [2.75, 3.05) is 0 Å². The van der Waals surface area contributed by atoms with Gasteiger partial charge >= 0.3 is 0 Å². The molecular weight excluding hydrogens is 673 g/mol. The lowest BCUT2D eigenvalue weighted by atomic mass is 9.84. The molecule has 0 unspecified atom stereocenters. The fraction of sp³-hybridized carbons (Fsp3) is 0.0392. The highest BCUT2D eigenvalue weighted by molar-refractivity contribution is 7.25. The fourth-order valence-electron chi connectivity index (χ4n) is 8.62. The molecule has 0 fully saturated rings. The number of thiophene rings is 1. The second kappa shape index (κ2) is 12.3. The largest absolute Gasteiger partial charge is 0.296 e. The number of benzene rings is 9. The third-order valence-electron chi connectivity index (χ3n) is 11.1. The number of hydrogen-bond donors (Lipinski definition) is 0. The summed E-state index contributed by atoms with van der Waals surface area (Å²) in [7, 11) is 0. The van der Waals surface area contributed by atoms with Crippen LogP contribution in [0.4, 0.5) is 0 Å². The van der Waals surface area contributed by atoms with Gasteiger partial charge in [0, 0.05) is 32.3 Å². The van der Waals surface area contributed by atoms with Crippen molar-refractivity contribution in [3.8, 4) is 39.1 Å². The first-order chi connectivity index (χ1) is 26.7. The van der Waals surface area contributed by atoms with Gasteiger partial charge in [-0.1, -0.05) is 128 Å². The van der Waals surface area contributed by atoms with Gasteiger partial charge in [0.25, 0.3) is 0 Å². The minimum Gasteiger partial charge on any atom is -0.296 e. The van der Waals surface area contributed by atoms with Gasteiger partial charge in [0.1, 0.15) is 5.82 Å². The van der Waals surface area contributed by atoms with E-state index in [2.05, 4.69) is 187 Å². The van der Waals surface area contributed by atoms with Crippen molar-refractivity contribution >= 4 is 74.9 Å². The molecule has 0 aliphatic rings. The van der Waals surface area contributed by atoms with Crippen LogP contribution in [-0.2, 0) is 6.42 Å². The maximum Gasteiger partial charge on any atom is 0.114 e. The lowest BCUT2D eigenvalue weighted by Gasteiger charge is -2.19. The van der Waals surface area contributed by atoms with Crippen LogP contribution in [0.2, 0.25) is 0 Å². The van der Waals surface area contributed by atoms with Crippen LogP contribution >= 0.6 is 11.3 Å². The molecule has 0 radical (unpaired) electrons. The summed E-state index contributed by atoms with van der Waals surface area (Å²) in [6.07, 6.45) is 0.867. The normalized spacial score (nSPS) is 11.9. The maximum absolute atomic E-state index is 4.94. The second-order valence-corrected chi connectivity index (χ2v) is 15.3. The van der Waals surface area contributed by atoms with E-state index in [0.29, 0.717) is 0 Å². The summed E-state index contributed by atoms with van der Waals surface area (Å²) in [5.74, 6) is 1.08. The van der Waals surface area contributed by atoms with E-state index >= 15 is 0 Å². The van der Waals surface area contributed by atoms with Crippen LogP contribution in [0.15, 0.2) is 176 Å². The van der Waals surface area contributed by atoms with E-state index in [1.54, 1.807) is 0 Å². The zero-order valence-corrected chi connectivity index (χ0v) is 30.6. The summed E-state index contributed by atoms with van der Waals surface area (Å²) < 4.78 is 4.96. The first-order valence-electron chi connectivity index (χ1n) is 18.7. The monoisotopic (exact) mass is 706 g/mol. The van der Waals surface area contributed by atoms with Crippen LogP contribution in [0.5, 0.6) is 0 Å². The van der Waals surface area contributed by atoms with Crippen molar-refractivity contribution in [1.82, 2.24) is 9.55 Å². The van der Waals surface area contributed by atoms with Crippen molar-refractivity contribution in [3.05, 3.63) is 182 Å². The van der Waals surface area contributed by atoms with E-state index in [-0.39, 0.29) is 0 Å². The molecular formula is C51H34N2S. The molecule has 0 saturated heterocycles. The second-order valence-electron chi connectivity index (χ2n) is 14.2. The lowest BCUT2D eigenvalue weighted by molar-refractivity contribution is 0.909. The molecule has 0 bridgehead atoms. The Balaban J connectivity index is 1.15. The van der Waals surface area contributed by atoms with Crippen molar-refractivity contribution in [3.63, 3.8) is 0 Å². The zero-order valence-electron chi connectivity index (χ0n) is 29.8. The molecule has 2 aromatic heterocycles. The molecule has 54 heavy (non-hydrogen) atoms. The third kappa shape index (κ3) is 4.82. The molecule has 11 aromatic rings. The van der Waals surface area contributed by atoms with Gasteiger partial charge in [-0.15, -0.1) is 11.3 Å². The summed E-state index contributed by atoms with van der Waals surface area (Å²) in [4.78, 5) is 4.94. The minimum absolute atomic E-state index is 0.867. The summed E-state index contributed by atoms with van der Waals surface area (Å²) in [5, 5.41) is 10.1. The number of rotatable bonds is 5. The molecule has 254 valence electrons. The fourth-order valence-corrected chi connectivity index (χ4v) is 9.71. The van der Waals surface area contributed by atoms with E-state index in [1.807, 2.05) is 11.3 Å². The average molecular weight is 707 g/mol. The van der Waals surface area contributed by atoms with Crippen LogP contribution in [0.25, 0.3) is 103 Å². The van der Waals surface area contributed by atoms with Gasteiger partial charge < -0.3 is 0 Å². The van der Waals surface area contributed by atoms with Crippen molar-refractivity contribution < 1.29 is 0 Å². The Hall–Kier alpha value is -6.55. The molecule has 11 rings (SSSR count). The Morgan fingerprint density at radius 3 is 1.91 bits per heavy atom. The molecule has 0 aliphatic heterocycles. The number of nitrogens with zero attached hydrogens (tertiary/aromatic N) is 2. The number of imidazole rings is 1. The van der Waals surface area contributed by atoms with Crippen LogP contribution < -0.4 is 0 Å².